The van der Waals surface area contributed by atoms with Gasteiger partial charge in [-0.15, -0.1) is 0 Å². The Hall–Kier alpha value is -2.22. The Balaban J connectivity index is 1.89. The SMILES string of the molecule is O=C1CC[C@H](C(=O)N[C@H](CC[S@](=O)c2ccccc2)C(=O)O)N1. The fraction of sp³-hybridized carbons (Fsp3) is 0.400. The molecule has 1 aliphatic rings. The van der Waals surface area contributed by atoms with Crippen LogP contribution in [0.25, 0.3) is 0 Å². The van der Waals surface area contributed by atoms with Crippen LogP contribution in [-0.2, 0) is 25.2 Å². The van der Waals surface area contributed by atoms with Crippen molar-refractivity contribution in [1.29, 1.82) is 0 Å². The third-order valence-electron chi connectivity index (χ3n) is 3.52. The lowest BCUT2D eigenvalue weighted by molar-refractivity contribution is -0.142. The molecule has 0 unspecified atom stereocenters. The first-order valence-electron chi connectivity index (χ1n) is 7.23. The minimum atomic E-state index is -1.33. The monoisotopic (exact) mass is 338 g/mol. The van der Waals surface area contributed by atoms with E-state index >= 15 is 0 Å². The molecule has 0 aromatic heterocycles. The summed E-state index contributed by atoms with van der Waals surface area (Å²) < 4.78 is 12.1. The van der Waals surface area contributed by atoms with Crippen molar-refractivity contribution in [2.45, 2.75) is 36.2 Å². The molecule has 1 aromatic carbocycles. The van der Waals surface area contributed by atoms with Crippen molar-refractivity contribution in [3.63, 3.8) is 0 Å². The maximum absolute atomic E-state index is 12.1. The summed E-state index contributed by atoms with van der Waals surface area (Å²) in [6.07, 6.45) is 0.657. The molecule has 3 N–H and O–H groups in total. The molecule has 8 heteroatoms. The first kappa shape index (κ1) is 17.1. The maximum atomic E-state index is 12.1. The molecule has 0 radical (unpaired) electrons. The summed E-state index contributed by atoms with van der Waals surface area (Å²) in [5.74, 6) is -1.80. The van der Waals surface area contributed by atoms with Gasteiger partial charge in [0.1, 0.15) is 12.1 Å². The normalized spacial score (nSPS) is 19.7. The van der Waals surface area contributed by atoms with Gasteiger partial charge < -0.3 is 15.7 Å². The topological polar surface area (TPSA) is 113 Å². The minimum absolute atomic E-state index is 0.0449. The number of carboxylic acid groups (broad SMARTS) is 1. The third-order valence-corrected chi connectivity index (χ3v) is 4.93. The minimum Gasteiger partial charge on any atom is -0.480 e. The Bertz CT molecular complexity index is 620. The molecule has 7 nitrogen and oxygen atoms in total. The lowest BCUT2D eigenvalue weighted by Gasteiger charge is -2.17. The van der Waals surface area contributed by atoms with Crippen LogP contribution in [0.15, 0.2) is 35.2 Å². The van der Waals surface area contributed by atoms with Crippen LogP contribution in [0.3, 0.4) is 0 Å². The summed E-state index contributed by atoms with van der Waals surface area (Å²) in [5.41, 5.74) is 0. The van der Waals surface area contributed by atoms with Gasteiger partial charge in [-0.1, -0.05) is 18.2 Å². The third kappa shape index (κ3) is 4.88. The predicted molar refractivity (Wildman–Crippen MR) is 83.1 cm³/mol. The lowest BCUT2D eigenvalue weighted by Crippen LogP contribution is -2.49. The average Bonchev–Trinajstić information content (AvgIpc) is 2.98. The number of amides is 2. The van der Waals surface area contributed by atoms with Crippen LogP contribution in [0.4, 0.5) is 0 Å². The zero-order valence-electron chi connectivity index (χ0n) is 12.4. The summed E-state index contributed by atoms with van der Waals surface area (Å²) in [4.78, 5) is 34.9. The average molecular weight is 338 g/mol. The van der Waals surface area contributed by atoms with Gasteiger partial charge in [0.15, 0.2) is 0 Å². The molecule has 1 aliphatic heterocycles. The summed E-state index contributed by atoms with van der Waals surface area (Å²) in [6.45, 7) is 0. The molecule has 3 atom stereocenters. The zero-order chi connectivity index (χ0) is 16.8. The highest BCUT2D eigenvalue weighted by Crippen LogP contribution is 2.10. The predicted octanol–water partition coefficient (Wildman–Crippen LogP) is 0.0323. The molecule has 124 valence electrons. The van der Waals surface area contributed by atoms with E-state index in [1.54, 1.807) is 30.3 Å². The number of carbonyl (C=O) groups is 3. The van der Waals surface area contributed by atoms with Crippen LogP contribution in [0.5, 0.6) is 0 Å². The van der Waals surface area contributed by atoms with E-state index in [4.69, 9.17) is 0 Å². The molecule has 0 aliphatic carbocycles. The van der Waals surface area contributed by atoms with Gasteiger partial charge >= 0.3 is 5.97 Å². The van der Waals surface area contributed by atoms with Gasteiger partial charge in [0.25, 0.3) is 0 Å². The standard InChI is InChI=1S/C15H18N2O5S/c18-13-7-6-11(16-13)14(19)17-12(15(20)21)8-9-23(22)10-4-2-1-3-5-10/h1-5,11-12H,6-9H2,(H,16,18)(H,17,19)(H,20,21)/t11-,12-,23+/m1/s1. The Kier molecular flexibility index (Phi) is 5.86. The van der Waals surface area contributed by atoms with Gasteiger partial charge in [0, 0.05) is 17.1 Å². The van der Waals surface area contributed by atoms with Gasteiger partial charge in [0.2, 0.25) is 11.8 Å². The second kappa shape index (κ2) is 7.87. The smallest absolute Gasteiger partial charge is 0.326 e. The van der Waals surface area contributed by atoms with E-state index in [0.717, 1.165) is 0 Å². The number of benzene rings is 1. The van der Waals surface area contributed by atoms with E-state index in [2.05, 4.69) is 10.6 Å². The Labute approximate surface area is 135 Å². The van der Waals surface area contributed by atoms with Crippen LogP contribution in [-0.4, -0.2) is 44.9 Å². The molecule has 1 aromatic rings. The van der Waals surface area contributed by atoms with Gasteiger partial charge in [-0.05, 0) is 25.0 Å². The fourth-order valence-electron chi connectivity index (χ4n) is 2.26. The van der Waals surface area contributed by atoms with Crippen molar-refractivity contribution in [1.82, 2.24) is 10.6 Å². The van der Waals surface area contributed by atoms with E-state index in [9.17, 15) is 23.7 Å². The second-order valence-corrected chi connectivity index (χ2v) is 6.78. The van der Waals surface area contributed by atoms with Crippen LogP contribution in [0.2, 0.25) is 0 Å². The van der Waals surface area contributed by atoms with E-state index < -0.39 is 34.8 Å². The number of carbonyl (C=O) groups excluding carboxylic acids is 2. The van der Waals surface area contributed by atoms with Gasteiger partial charge in [0.05, 0.1) is 10.8 Å². The van der Waals surface area contributed by atoms with E-state index in [1.165, 1.54) is 0 Å². The Morgan fingerprint density at radius 2 is 2.04 bits per heavy atom. The Morgan fingerprint density at radius 3 is 2.61 bits per heavy atom. The first-order chi connectivity index (χ1) is 11.0. The molecule has 2 rings (SSSR count). The molecule has 23 heavy (non-hydrogen) atoms. The van der Waals surface area contributed by atoms with Crippen LogP contribution in [0, 0.1) is 0 Å². The second-order valence-electron chi connectivity index (χ2n) is 5.21. The number of carboxylic acids is 1. The molecular formula is C15H18N2O5S. The maximum Gasteiger partial charge on any atom is 0.326 e. The number of hydrogen-bond donors (Lipinski definition) is 3. The molecular weight excluding hydrogens is 320 g/mol. The highest BCUT2D eigenvalue weighted by Gasteiger charge is 2.30. The number of nitrogens with one attached hydrogen (secondary N) is 2. The van der Waals surface area contributed by atoms with Crippen molar-refractivity contribution in [2.24, 2.45) is 0 Å². The lowest BCUT2D eigenvalue weighted by atomic mass is 10.1. The van der Waals surface area contributed by atoms with E-state index in [-0.39, 0.29) is 24.5 Å². The van der Waals surface area contributed by atoms with E-state index in [1.807, 2.05) is 0 Å². The van der Waals surface area contributed by atoms with Crippen molar-refractivity contribution in [3.8, 4) is 0 Å². The summed E-state index contributed by atoms with van der Waals surface area (Å²) in [6, 6.07) is 6.91. The highest BCUT2D eigenvalue weighted by atomic mass is 32.2. The molecule has 0 bridgehead atoms. The summed E-state index contributed by atoms with van der Waals surface area (Å²) in [5, 5.41) is 14.1. The van der Waals surface area contributed by atoms with Gasteiger partial charge in [-0.25, -0.2) is 4.79 Å². The zero-order valence-corrected chi connectivity index (χ0v) is 13.2. The van der Waals surface area contributed by atoms with Crippen LogP contribution < -0.4 is 10.6 Å². The van der Waals surface area contributed by atoms with Crippen molar-refractivity contribution in [3.05, 3.63) is 30.3 Å². The van der Waals surface area contributed by atoms with Crippen LogP contribution >= 0.6 is 0 Å². The molecule has 0 spiro atoms. The molecule has 1 saturated heterocycles. The van der Waals surface area contributed by atoms with Crippen molar-refractivity contribution in [2.75, 3.05) is 5.75 Å². The number of rotatable bonds is 7. The van der Waals surface area contributed by atoms with Crippen molar-refractivity contribution >= 4 is 28.6 Å². The first-order valence-corrected chi connectivity index (χ1v) is 8.55. The molecule has 1 fully saturated rings. The summed E-state index contributed by atoms with van der Waals surface area (Å²) in [7, 11) is -1.33. The Morgan fingerprint density at radius 1 is 1.35 bits per heavy atom. The fourth-order valence-corrected chi connectivity index (χ4v) is 3.40. The molecule has 2 amide bonds. The van der Waals surface area contributed by atoms with Gasteiger partial charge in [-0.2, -0.15) is 0 Å². The van der Waals surface area contributed by atoms with Crippen LogP contribution in [0.1, 0.15) is 19.3 Å². The highest BCUT2D eigenvalue weighted by molar-refractivity contribution is 7.85. The largest absolute Gasteiger partial charge is 0.480 e. The summed E-state index contributed by atoms with van der Waals surface area (Å²) >= 11 is 0. The van der Waals surface area contributed by atoms with E-state index in [0.29, 0.717) is 11.3 Å². The number of hydrogen-bond acceptors (Lipinski definition) is 4. The number of aliphatic carboxylic acids is 1. The molecule has 0 saturated carbocycles. The molecule has 1 heterocycles. The van der Waals surface area contributed by atoms with Gasteiger partial charge in [-0.3, -0.25) is 13.8 Å². The quantitative estimate of drug-likeness (QED) is 0.649. The van der Waals surface area contributed by atoms with Crippen molar-refractivity contribution < 1.29 is 23.7 Å².